The normalized spacial score (nSPS) is 11.4. The van der Waals surface area contributed by atoms with E-state index in [9.17, 15) is 0 Å². The minimum Gasteiger partial charge on any atom is -0.494 e. The van der Waals surface area contributed by atoms with Crippen LogP contribution >= 0.6 is 11.1 Å². The molecule has 1 aromatic carbocycles. The van der Waals surface area contributed by atoms with Crippen molar-refractivity contribution in [1.82, 2.24) is 0 Å². The fourth-order valence-corrected chi connectivity index (χ4v) is 2.59. The van der Waals surface area contributed by atoms with Gasteiger partial charge in [-0.3, -0.25) is 0 Å². The maximum absolute atomic E-state index is 6.20. The van der Waals surface area contributed by atoms with Crippen molar-refractivity contribution in [2.75, 3.05) is 6.61 Å². The monoisotopic (exact) mass is 228 g/mol. The molecule has 0 bridgehead atoms. The first-order chi connectivity index (χ1) is 6.58. The predicted molar refractivity (Wildman–Crippen MR) is 64.7 cm³/mol. The van der Waals surface area contributed by atoms with Crippen molar-refractivity contribution in [2.24, 2.45) is 0 Å². The first kappa shape index (κ1) is 11.6. The molecule has 1 aromatic rings. The fraction of sp³-hybridized carbons (Fsp3) is 0.455. The van der Waals surface area contributed by atoms with Gasteiger partial charge in [0.25, 0.3) is 0 Å². The summed E-state index contributed by atoms with van der Waals surface area (Å²) >= 11 is 6.20. The third-order valence-electron chi connectivity index (χ3n) is 1.93. The van der Waals surface area contributed by atoms with Crippen molar-refractivity contribution in [1.29, 1.82) is 0 Å². The van der Waals surface area contributed by atoms with Gasteiger partial charge in [0.1, 0.15) is 5.75 Å². The zero-order valence-electron chi connectivity index (χ0n) is 8.79. The first-order valence-electron chi connectivity index (χ1n) is 4.95. The first-order valence-corrected chi connectivity index (χ1v) is 9.16. The second kappa shape index (κ2) is 5.42. The van der Waals surface area contributed by atoms with Crippen molar-refractivity contribution < 1.29 is 4.74 Å². The van der Waals surface area contributed by atoms with Gasteiger partial charge in [0.05, 0.1) is 6.61 Å². The van der Waals surface area contributed by atoms with E-state index >= 15 is 0 Å². The SMILES string of the molecule is C[Si](C)(Cl)CCCOc1ccccc1. The van der Waals surface area contributed by atoms with Gasteiger partial charge in [-0.05, 0) is 24.6 Å². The number of para-hydroxylation sites is 1. The molecule has 0 spiro atoms. The highest BCUT2D eigenvalue weighted by molar-refractivity contribution is 7.19. The largest absolute Gasteiger partial charge is 0.494 e. The molecule has 0 aliphatic heterocycles. The van der Waals surface area contributed by atoms with Crippen LogP contribution in [0.15, 0.2) is 30.3 Å². The van der Waals surface area contributed by atoms with Crippen LogP contribution in [0.25, 0.3) is 0 Å². The summed E-state index contributed by atoms with van der Waals surface area (Å²) in [5, 5.41) is 0. The summed E-state index contributed by atoms with van der Waals surface area (Å²) in [6, 6.07) is 11.0. The number of ether oxygens (including phenoxy) is 1. The number of halogens is 1. The van der Waals surface area contributed by atoms with E-state index in [1.54, 1.807) is 0 Å². The van der Waals surface area contributed by atoms with Gasteiger partial charge in [-0.15, -0.1) is 0 Å². The minimum absolute atomic E-state index is 0.771. The highest BCUT2D eigenvalue weighted by Crippen LogP contribution is 2.17. The molecule has 0 aromatic heterocycles. The summed E-state index contributed by atoms with van der Waals surface area (Å²) in [6.45, 7) is 5.10. The number of hydrogen-bond acceptors (Lipinski definition) is 1. The van der Waals surface area contributed by atoms with Gasteiger partial charge in [-0.2, -0.15) is 11.1 Å². The Kier molecular flexibility index (Phi) is 4.49. The number of rotatable bonds is 5. The number of benzene rings is 1. The van der Waals surface area contributed by atoms with Crippen molar-refractivity contribution in [3.05, 3.63) is 30.3 Å². The molecule has 0 fully saturated rings. The van der Waals surface area contributed by atoms with Gasteiger partial charge < -0.3 is 4.74 Å². The second-order valence-corrected chi connectivity index (χ2v) is 11.0. The van der Waals surface area contributed by atoms with E-state index in [0.717, 1.165) is 24.8 Å². The van der Waals surface area contributed by atoms with Crippen molar-refractivity contribution >= 4 is 18.5 Å². The molecule has 0 aliphatic rings. The van der Waals surface area contributed by atoms with Gasteiger partial charge >= 0.3 is 0 Å². The highest BCUT2D eigenvalue weighted by Gasteiger charge is 2.15. The molecular weight excluding hydrogens is 212 g/mol. The Hall–Kier alpha value is -0.473. The van der Waals surface area contributed by atoms with Crippen LogP contribution in [0.1, 0.15) is 6.42 Å². The summed E-state index contributed by atoms with van der Waals surface area (Å²) in [5.41, 5.74) is 0. The second-order valence-electron chi connectivity index (χ2n) is 3.98. The van der Waals surface area contributed by atoms with Gasteiger partial charge in [0, 0.05) is 0 Å². The van der Waals surface area contributed by atoms with E-state index in [0.29, 0.717) is 0 Å². The maximum atomic E-state index is 6.20. The molecule has 14 heavy (non-hydrogen) atoms. The highest BCUT2D eigenvalue weighted by atomic mass is 35.6. The van der Waals surface area contributed by atoms with Crippen LogP contribution in [0.5, 0.6) is 5.75 Å². The molecule has 0 radical (unpaired) electrons. The lowest BCUT2D eigenvalue weighted by molar-refractivity contribution is 0.317. The Labute approximate surface area is 91.8 Å². The molecule has 0 saturated carbocycles. The fourth-order valence-electron chi connectivity index (χ4n) is 1.20. The Morgan fingerprint density at radius 2 is 1.86 bits per heavy atom. The van der Waals surface area contributed by atoms with Crippen molar-refractivity contribution in [3.63, 3.8) is 0 Å². The summed E-state index contributed by atoms with van der Waals surface area (Å²) in [6.07, 6.45) is 1.05. The van der Waals surface area contributed by atoms with Crippen LogP contribution in [-0.4, -0.2) is 14.0 Å². The quantitative estimate of drug-likeness (QED) is 0.422. The van der Waals surface area contributed by atoms with E-state index in [2.05, 4.69) is 13.1 Å². The predicted octanol–water partition coefficient (Wildman–Crippen LogP) is 3.90. The van der Waals surface area contributed by atoms with E-state index < -0.39 is 7.38 Å². The summed E-state index contributed by atoms with van der Waals surface area (Å²) in [4.78, 5) is 0. The van der Waals surface area contributed by atoms with Gasteiger partial charge in [0.2, 0.25) is 0 Å². The topological polar surface area (TPSA) is 9.23 Å². The molecular formula is C11H17ClOSi. The third kappa shape index (κ3) is 5.30. The standard InChI is InChI=1S/C11H17ClOSi/c1-14(2,12)10-6-9-13-11-7-4-3-5-8-11/h3-5,7-8H,6,9-10H2,1-2H3. The van der Waals surface area contributed by atoms with Gasteiger partial charge in [0.15, 0.2) is 7.38 Å². The Bertz CT molecular complexity index is 256. The molecule has 0 amide bonds. The molecule has 0 heterocycles. The minimum atomic E-state index is -1.40. The Morgan fingerprint density at radius 3 is 2.43 bits per heavy atom. The van der Waals surface area contributed by atoms with E-state index in [1.165, 1.54) is 0 Å². The molecule has 1 rings (SSSR count). The average Bonchev–Trinajstić information content (AvgIpc) is 2.13. The van der Waals surface area contributed by atoms with E-state index in [1.807, 2.05) is 30.3 Å². The average molecular weight is 229 g/mol. The van der Waals surface area contributed by atoms with Crippen LogP contribution in [0.2, 0.25) is 19.1 Å². The molecule has 0 N–H and O–H groups in total. The van der Waals surface area contributed by atoms with Crippen LogP contribution in [0, 0.1) is 0 Å². The van der Waals surface area contributed by atoms with Gasteiger partial charge in [-0.1, -0.05) is 31.3 Å². The molecule has 0 atom stereocenters. The maximum Gasteiger partial charge on any atom is 0.150 e. The summed E-state index contributed by atoms with van der Waals surface area (Å²) in [7, 11) is -1.40. The smallest absolute Gasteiger partial charge is 0.150 e. The zero-order chi connectivity index (χ0) is 10.4. The van der Waals surface area contributed by atoms with Crippen LogP contribution < -0.4 is 4.74 Å². The lowest BCUT2D eigenvalue weighted by Crippen LogP contribution is -2.16. The summed E-state index contributed by atoms with van der Waals surface area (Å²) in [5.74, 6) is 0.946. The summed E-state index contributed by atoms with van der Waals surface area (Å²) < 4.78 is 5.56. The van der Waals surface area contributed by atoms with Gasteiger partial charge in [-0.25, -0.2) is 0 Å². The third-order valence-corrected chi connectivity index (χ3v) is 4.04. The van der Waals surface area contributed by atoms with Crippen molar-refractivity contribution in [3.8, 4) is 5.75 Å². The number of hydrogen-bond donors (Lipinski definition) is 0. The molecule has 0 unspecified atom stereocenters. The zero-order valence-corrected chi connectivity index (χ0v) is 10.6. The Balaban J connectivity index is 2.17. The molecule has 3 heteroatoms. The van der Waals surface area contributed by atoms with Crippen LogP contribution in [0.3, 0.4) is 0 Å². The van der Waals surface area contributed by atoms with E-state index in [-0.39, 0.29) is 0 Å². The molecule has 78 valence electrons. The lowest BCUT2D eigenvalue weighted by Gasteiger charge is -2.12. The lowest BCUT2D eigenvalue weighted by atomic mass is 10.3. The molecule has 0 aliphatic carbocycles. The van der Waals surface area contributed by atoms with E-state index in [4.69, 9.17) is 15.8 Å². The van der Waals surface area contributed by atoms with Crippen LogP contribution in [0.4, 0.5) is 0 Å². The van der Waals surface area contributed by atoms with Crippen LogP contribution in [-0.2, 0) is 0 Å². The van der Waals surface area contributed by atoms with Crippen molar-refractivity contribution in [2.45, 2.75) is 25.6 Å². The molecule has 0 saturated heterocycles. The molecule has 1 nitrogen and oxygen atoms in total. The Morgan fingerprint density at radius 1 is 1.21 bits per heavy atom.